The first-order valence-electron chi connectivity index (χ1n) is 12.8. The average molecular weight is 554 g/mol. The molecule has 10 heteroatoms. The van der Waals surface area contributed by atoms with Gasteiger partial charge in [-0.2, -0.15) is 8.42 Å². The van der Waals surface area contributed by atoms with E-state index in [-0.39, 0.29) is 16.7 Å². The lowest BCUT2D eigenvalue weighted by molar-refractivity contribution is -0.145. The van der Waals surface area contributed by atoms with Crippen molar-refractivity contribution in [2.45, 2.75) is 49.8 Å². The third kappa shape index (κ3) is 5.14. The number of carboxylic acids is 1. The molecular formula is C29H31NO8S. The zero-order chi connectivity index (χ0) is 27.7. The lowest BCUT2D eigenvalue weighted by Gasteiger charge is -2.42. The molecule has 3 aromatic carbocycles. The Hall–Kier alpha value is -3.76. The molecule has 0 bridgehead atoms. The van der Waals surface area contributed by atoms with Crippen molar-refractivity contribution in [3.05, 3.63) is 76.9 Å². The van der Waals surface area contributed by atoms with Crippen molar-refractivity contribution in [3.8, 4) is 23.0 Å². The number of ether oxygens (including phenoxy) is 3. The number of fused-ring (bicyclic) bond motifs is 4. The van der Waals surface area contributed by atoms with E-state index in [1.807, 2.05) is 18.2 Å². The zero-order valence-corrected chi connectivity index (χ0v) is 22.9. The Labute approximate surface area is 228 Å². The number of aliphatic carboxylic acids is 1. The molecule has 9 nitrogen and oxygen atoms in total. The molecule has 2 heterocycles. The number of rotatable bonds is 9. The Kier molecular flexibility index (Phi) is 7.42. The number of methoxy groups -OCH3 is 2. The third-order valence-electron chi connectivity index (χ3n) is 7.35. The minimum Gasteiger partial charge on any atom is -0.493 e. The number of nitrogens with zero attached hydrogens (tertiary/aromatic N) is 1. The van der Waals surface area contributed by atoms with Crippen LogP contribution >= 0.6 is 0 Å². The normalized spacial score (nSPS) is 17.3. The van der Waals surface area contributed by atoms with Gasteiger partial charge in [0.05, 0.1) is 14.2 Å². The molecule has 0 fully saturated rings. The van der Waals surface area contributed by atoms with Crippen LogP contribution in [0.4, 0.5) is 0 Å². The van der Waals surface area contributed by atoms with Gasteiger partial charge in [-0.15, -0.1) is 0 Å². The molecule has 2 atom stereocenters. The van der Waals surface area contributed by atoms with Crippen molar-refractivity contribution in [1.29, 1.82) is 0 Å². The summed E-state index contributed by atoms with van der Waals surface area (Å²) in [5.41, 5.74) is 3.89. The molecule has 0 saturated carbocycles. The molecule has 206 valence electrons. The standard InChI is InChI=1S/C29H31NO8S/c1-4-24(29(31)32)37-27-16-21-19(15-26(27)36-3)12-13-30-17-22-18(14-23(21)30)10-11-25(35-2)28(22)38-39(33,34)20-8-6-5-7-9-20/h5-11,15-16,23-24H,4,12-14,17H2,1-3H3,(H,31,32). The van der Waals surface area contributed by atoms with E-state index < -0.39 is 22.2 Å². The summed E-state index contributed by atoms with van der Waals surface area (Å²) in [6.07, 6.45) is 0.684. The van der Waals surface area contributed by atoms with Gasteiger partial charge in [-0.05, 0) is 66.3 Å². The van der Waals surface area contributed by atoms with Crippen LogP contribution in [0.15, 0.2) is 59.5 Å². The smallest absolute Gasteiger partial charge is 0.344 e. The van der Waals surface area contributed by atoms with Crippen molar-refractivity contribution < 1.29 is 36.7 Å². The number of hydrogen-bond donors (Lipinski definition) is 1. The minimum absolute atomic E-state index is 0.00798. The Morgan fingerprint density at radius 1 is 1.03 bits per heavy atom. The zero-order valence-electron chi connectivity index (χ0n) is 22.0. The Morgan fingerprint density at radius 2 is 1.77 bits per heavy atom. The van der Waals surface area contributed by atoms with E-state index in [2.05, 4.69) is 4.90 Å². The fourth-order valence-corrected chi connectivity index (χ4v) is 6.31. The van der Waals surface area contributed by atoms with Crippen LogP contribution in [0.5, 0.6) is 23.0 Å². The second-order valence-corrected chi connectivity index (χ2v) is 11.1. The molecule has 0 saturated heterocycles. The van der Waals surface area contributed by atoms with E-state index in [0.29, 0.717) is 36.6 Å². The van der Waals surface area contributed by atoms with E-state index in [9.17, 15) is 18.3 Å². The summed E-state index contributed by atoms with van der Waals surface area (Å²) in [5, 5.41) is 9.52. The summed E-state index contributed by atoms with van der Waals surface area (Å²) in [6, 6.07) is 15.5. The highest BCUT2D eigenvalue weighted by molar-refractivity contribution is 7.87. The average Bonchev–Trinajstić information content (AvgIpc) is 2.94. The van der Waals surface area contributed by atoms with Crippen molar-refractivity contribution in [2.75, 3.05) is 20.8 Å². The van der Waals surface area contributed by atoms with Crippen LogP contribution in [0.25, 0.3) is 0 Å². The molecule has 3 aromatic rings. The molecule has 2 aliphatic rings. The van der Waals surface area contributed by atoms with Crippen LogP contribution in [-0.2, 0) is 34.3 Å². The van der Waals surface area contributed by atoms with Gasteiger partial charge in [-0.25, -0.2) is 4.79 Å². The Morgan fingerprint density at radius 3 is 2.44 bits per heavy atom. The van der Waals surface area contributed by atoms with Crippen LogP contribution < -0.4 is 18.4 Å². The highest BCUT2D eigenvalue weighted by atomic mass is 32.2. The van der Waals surface area contributed by atoms with Gasteiger partial charge in [0, 0.05) is 24.7 Å². The van der Waals surface area contributed by atoms with Crippen LogP contribution in [-0.4, -0.2) is 51.3 Å². The van der Waals surface area contributed by atoms with Crippen molar-refractivity contribution >= 4 is 16.1 Å². The maximum absolute atomic E-state index is 13.1. The summed E-state index contributed by atoms with van der Waals surface area (Å²) in [4.78, 5) is 14.0. The lowest BCUT2D eigenvalue weighted by atomic mass is 9.83. The van der Waals surface area contributed by atoms with Crippen molar-refractivity contribution in [3.63, 3.8) is 0 Å². The van der Waals surface area contributed by atoms with Gasteiger partial charge in [-0.3, -0.25) is 4.90 Å². The number of carboxylic acid groups (broad SMARTS) is 1. The van der Waals surface area contributed by atoms with E-state index in [1.165, 1.54) is 19.2 Å². The molecule has 0 radical (unpaired) electrons. The predicted octanol–water partition coefficient (Wildman–Crippen LogP) is 4.37. The largest absolute Gasteiger partial charge is 0.493 e. The highest BCUT2D eigenvalue weighted by Crippen LogP contribution is 2.46. The fourth-order valence-electron chi connectivity index (χ4n) is 5.32. The fraction of sp³-hybridized carbons (Fsp3) is 0.345. The minimum atomic E-state index is -4.07. The third-order valence-corrected chi connectivity index (χ3v) is 8.59. The topological polar surface area (TPSA) is 112 Å². The van der Waals surface area contributed by atoms with Gasteiger partial charge in [0.2, 0.25) is 0 Å². The maximum Gasteiger partial charge on any atom is 0.344 e. The van der Waals surface area contributed by atoms with E-state index in [0.717, 1.165) is 35.2 Å². The second kappa shape index (κ2) is 10.8. The maximum atomic E-state index is 13.1. The van der Waals surface area contributed by atoms with Crippen LogP contribution in [0, 0.1) is 0 Å². The predicted molar refractivity (Wildman–Crippen MR) is 143 cm³/mol. The highest BCUT2D eigenvalue weighted by Gasteiger charge is 2.36. The molecule has 2 unspecified atom stereocenters. The first kappa shape index (κ1) is 26.8. The van der Waals surface area contributed by atoms with Gasteiger partial charge in [0.15, 0.2) is 29.1 Å². The molecule has 0 aliphatic carbocycles. The number of benzene rings is 3. The first-order valence-corrected chi connectivity index (χ1v) is 14.2. The van der Waals surface area contributed by atoms with Gasteiger partial charge < -0.3 is 23.5 Å². The van der Waals surface area contributed by atoms with E-state index in [1.54, 1.807) is 38.3 Å². The Balaban J connectivity index is 1.52. The van der Waals surface area contributed by atoms with E-state index in [4.69, 9.17) is 18.4 Å². The van der Waals surface area contributed by atoms with Gasteiger partial charge in [0.1, 0.15) is 4.90 Å². The molecule has 0 spiro atoms. The van der Waals surface area contributed by atoms with Crippen molar-refractivity contribution in [2.24, 2.45) is 0 Å². The molecule has 5 rings (SSSR count). The monoisotopic (exact) mass is 553 g/mol. The van der Waals surface area contributed by atoms with Gasteiger partial charge in [-0.1, -0.05) is 31.2 Å². The van der Waals surface area contributed by atoms with E-state index >= 15 is 0 Å². The number of carbonyl (C=O) groups is 1. The van der Waals surface area contributed by atoms with Crippen molar-refractivity contribution in [1.82, 2.24) is 4.90 Å². The number of hydrogen-bond acceptors (Lipinski definition) is 8. The Bertz CT molecular complexity index is 1490. The summed E-state index contributed by atoms with van der Waals surface area (Å²) in [5.74, 6) is 0.422. The summed E-state index contributed by atoms with van der Waals surface area (Å²) < 4.78 is 48.8. The summed E-state index contributed by atoms with van der Waals surface area (Å²) in [6.45, 7) is 2.97. The van der Waals surface area contributed by atoms with Gasteiger partial charge in [0.25, 0.3) is 0 Å². The quantitative estimate of drug-likeness (QED) is 0.386. The van der Waals surface area contributed by atoms with Crippen LogP contribution in [0.2, 0.25) is 0 Å². The SMILES string of the molecule is CCC(Oc1cc2c(cc1OC)CCN1Cc3c(ccc(OC)c3OS(=O)(=O)c3ccccc3)CC21)C(=O)O. The molecule has 0 aromatic heterocycles. The molecular weight excluding hydrogens is 522 g/mol. The lowest BCUT2D eigenvalue weighted by Crippen LogP contribution is -2.39. The molecule has 0 amide bonds. The van der Waals surface area contributed by atoms with Gasteiger partial charge >= 0.3 is 16.1 Å². The molecule has 1 N–H and O–H groups in total. The van der Waals surface area contributed by atoms with Crippen LogP contribution in [0.1, 0.15) is 41.6 Å². The summed E-state index contributed by atoms with van der Waals surface area (Å²) in [7, 11) is -1.04. The first-order chi connectivity index (χ1) is 18.7. The second-order valence-electron chi connectivity index (χ2n) is 9.58. The molecule has 2 aliphatic heterocycles. The summed E-state index contributed by atoms with van der Waals surface area (Å²) >= 11 is 0. The van der Waals surface area contributed by atoms with Crippen LogP contribution in [0.3, 0.4) is 0 Å². The molecule has 39 heavy (non-hydrogen) atoms.